The molecule has 3 saturated heterocycles. The molecule has 0 N–H and O–H groups in total. The summed E-state index contributed by atoms with van der Waals surface area (Å²) in [4.78, 5) is 31.4. The number of piperidine rings is 1. The van der Waals surface area contributed by atoms with Crippen molar-refractivity contribution in [2.75, 3.05) is 50.8 Å². The highest BCUT2D eigenvalue weighted by atomic mass is 32.1. The Morgan fingerprint density at radius 2 is 1.93 bits per heavy atom. The summed E-state index contributed by atoms with van der Waals surface area (Å²) in [5, 5.41) is 9.75. The van der Waals surface area contributed by atoms with E-state index in [-0.39, 0.29) is 24.2 Å². The lowest BCUT2D eigenvalue weighted by Crippen LogP contribution is -2.51. The monoisotopic (exact) mass is 393 g/mol. The predicted molar refractivity (Wildman–Crippen MR) is 102 cm³/mol. The van der Waals surface area contributed by atoms with E-state index in [0.717, 1.165) is 63.7 Å². The van der Waals surface area contributed by atoms with E-state index in [1.807, 2.05) is 11.8 Å². The summed E-state index contributed by atoms with van der Waals surface area (Å²) >= 11 is 1.44. The Bertz CT molecular complexity index is 682. The molecule has 1 aromatic rings. The number of aryl methyl sites for hydroxylation is 1. The smallest absolute Gasteiger partial charge is 0.229 e. The van der Waals surface area contributed by atoms with Crippen LogP contribution in [0.2, 0.25) is 0 Å². The van der Waals surface area contributed by atoms with Gasteiger partial charge in [-0.3, -0.25) is 19.4 Å². The maximum Gasteiger partial charge on any atom is 0.229 e. The molecule has 8 nitrogen and oxygen atoms in total. The molecule has 0 radical (unpaired) electrons. The molecule has 0 saturated carbocycles. The Morgan fingerprint density at radius 1 is 1.19 bits per heavy atom. The molecule has 0 aromatic carbocycles. The maximum absolute atomic E-state index is 12.9. The Hall–Kier alpha value is -1.58. The predicted octanol–water partition coefficient (Wildman–Crippen LogP) is 0.777. The molecule has 1 atom stereocenters. The minimum Gasteiger partial charge on any atom is -0.379 e. The van der Waals surface area contributed by atoms with Gasteiger partial charge in [-0.2, -0.15) is 0 Å². The third-order valence-electron chi connectivity index (χ3n) is 5.80. The zero-order chi connectivity index (χ0) is 18.8. The second-order valence-corrected chi connectivity index (χ2v) is 8.48. The molecule has 4 heterocycles. The fraction of sp³-hybridized carbons (Fsp3) is 0.778. The lowest BCUT2D eigenvalue weighted by molar-refractivity contribution is -0.137. The van der Waals surface area contributed by atoms with Gasteiger partial charge in [-0.1, -0.05) is 18.3 Å². The number of hydrogen-bond donors (Lipinski definition) is 0. The Balaban J connectivity index is 1.31. The summed E-state index contributed by atoms with van der Waals surface area (Å²) in [7, 11) is 0. The number of morpholine rings is 1. The van der Waals surface area contributed by atoms with Crippen LogP contribution in [0, 0.1) is 5.92 Å². The van der Waals surface area contributed by atoms with Gasteiger partial charge in [-0.15, -0.1) is 10.2 Å². The molecule has 1 unspecified atom stereocenters. The van der Waals surface area contributed by atoms with Crippen LogP contribution in [0.15, 0.2) is 0 Å². The van der Waals surface area contributed by atoms with Crippen molar-refractivity contribution < 1.29 is 14.3 Å². The third kappa shape index (κ3) is 4.00. The van der Waals surface area contributed by atoms with Crippen molar-refractivity contribution in [3.63, 3.8) is 0 Å². The van der Waals surface area contributed by atoms with Crippen molar-refractivity contribution in [1.82, 2.24) is 20.0 Å². The molecule has 2 amide bonds. The van der Waals surface area contributed by atoms with Gasteiger partial charge in [0.15, 0.2) is 0 Å². The topological polar surface area (TPSA) is 78.9 Å². The van der Waals surface area contributed by atoms with Crippen LogP contribution in [0.4, 0.5) is 5.13 Å². The van der Waals surface area contributed by atoms with Crippen molar-refractivity contribution in [1.29, 1.82) is 0 Å². The molecule has 0 spiro atoms. The molecule has 4 rings (SSSR count). The van der Waals surface area contributed by atoms with E-state index in [1.54, 1.807) is 4.90 Å². The van der Waals surface area contributed by atoms with Gasteiger partial charge in [0.25, 0.3) is 0 Å². The third-order valence-corrected chi connectivity index (χ3v) is 6.89. The van der Waals surface area contributed by atoms with Crippen LogP contribution in [0.5, 0.6) is 0 Å². The summed E-state index contributed by atoms with van der Waals surface area (Å²) < 4.78 is 5.43. The number of rotatable bonds is 4. The lowest BCUT2D eigenvalue weighted by atomic mass is 10.00. The highest BCUT2D eigenvalue weighted by Gasteiger charge is 2.39. The van der Waals surface area contributed by atoms with E-state index in [9.17, 15) is 9.59 Å². The highest BCUT2D eigenvalue weighted by molar-refractivity contribution is 7.15. The van der Waals surface area contributed by atoms with Gasteiger partial charge in [-0.05, 0) is 19.3 Å². The van der Waals surface area contributed by atoms with E-state index >= 15 is 0 Å². The molecule has 3 fully saturated rings. The number of nitrogens with zero attached hydrogens (tertiary/aromatic N) is 5. The number of anilines is 1. The van der Waals surface area contributed by atoms with Gasteiger partial charge >= 0.3 is 0 Å². The second kappa shape index (κ2) is 8.20. The van der Waals surface area contributed by atoms with Crippen molar-refractivity contribution in [3.05, 3.63) is 5.01 Å². The molecule has 0 aliphatic carbocycles. The summed E-state index contributed by atoms with van der Waals surface area (Å²) in [6.45, 7) is 7.62. The average Bonchev–Trinajstić information content (AvgIpc) is 3.34. The molecule has 3 aliphatic rings. The van der Waals surface area contributed by atoms with Gasteiger partial charge in [0, 0.05) is 45.2 Å². The maximum atomic E-state index is 12.9. The van der Waals surface area contributed by atoms with E-state index < -0.39 is 0 Å². The molecule has 0 bridgehead atoms. The zero-order valence-corrected chi connectivity index (χ0v) is 16.6. The lowest BCUT2D eigenvalue weighted by Gasteiger charge is -2.40. The van der Waals surface area contributed by atoms with Crippen LogP contribution in [0.1, 0.15) is 31.2 Å². The summed E-state index contributed by atoms with van der Waals surface area (Å²) in [5.41, 5.74) is 0. The largest absolute Gasteiger partial charge is 0.379 e. The minimum absolute atomic E-state index is 0.0182. The number of amides is 2. The first kappa shape index (κ1) is 18.8. The van der Waals surface area contributed by atoms with E-state index in [1.165, 1.54) is 11.3 Å². The molecular formula is C18H27N5O3S. The van der Waals surface area contributed by atoms with Gasteiger partial charge in [0.2, 0.25) is 16.9 Å². The van der Waals surface area contributed by atoms with Crippen LogP contribution in [0.25, 0.3) is 0 Å². The van der Waals surface area contributed by atoms with Crippen molar-refractivity contribution in [2.24, 2.45) is 5.92 Å². The summed E-state index contributed by atoms with van der Waals surface area (Å²) in [5.74, 6) is -0.159. The second-order valence-electron chi connectivity index (χ2n) is 7.44. The Kier molecular flexibility index (Phi) is 5.70. The minimum atomic E-state index is -0.258. The van der Waals surface area contributed by atoms with E-state index in [0.29, 0.717) is 17.7 Å². The summed E-state index contributed by atoms with van der Waals surface area (Å²) in [6.07, 6.45) is 3.10. The first-order chi connectivity index (χ1) is 13.2. The quantitative estimate of drug-likeness (QED) is 0.752. The van der Waals surface area contributed by atoms with Gasteiger partial charge in [0.1, 0.15) is 5.01 Å². The van der Waals surface area contributed by atoms with Crippen molar-refractivity contribution in [2.45, 2.75) is 38.6 Å². The van der Waals surface area contributed by atoms with Crippen LogP contribution in [0.3, 0.4) is 0 Å². The fourth-order valence-electron chi connectivity index (χ4n) is 4.21. The number of ether oxygens (including phenoxy) is 1. The molecule has 9 heteroatoms. The first-order valence-electron chi connectivity index (χ1n) is 9.89. The van der Waals surface area contributed by atoms with Crippen molar-refractivity contribution in [3.8, 4) is 0 Å². The Labute approximate surface area is 163 Å². The molecule has 3 aliphatic heterocycles. The zero-order valence-electron chi connectivity index (χ0n) is 15.8. The highest BCUT2D eigenvalue weighted by Crippen LogP contribution is 2.30. The fourth-order valence-corrected chi connectivity index (χ4v) is 5.01. The summed E-state index contributed by atoms with van der Waals surface area (Å²) in [6, 6.07) is 0.550. The number of carbonyl (C=O) groups excluding carboxylic acids is 2. The van der Waals surface area contributed by atoms with Crippen molar-refractivity contribution >= 4 is 28.3 Å². The first-order valence-corrected chi connectivity index (χ1v) is 10.7. The molecule has 148 valence electrons. The van der Waals surface area contributed by atoms with Crippen LogP contribution in [-0.2, 0) is 20.7 Å². The number of likely N-dealkylation sites (tertiary alicyclic amines) is 1. The van der Waals surface area contributed by atoms with Crippen LogP contribution < -0.4 is 4.90 Å². The van der Waals surface area contributed by atoms with Gasteiger partial charge in [0.05, 0.1) is 19.1 Å². The van der Waals surface area contributed by atoms with Crippen LogP contribution >= 0.6 is 11.3 Å². The van der Waals surface area contributed by atoms with Crippen LogP contribution in [-0.4, -0.2) is 83.8 Å². The van der Waals surface area contributed by atoms with Gasteiger partial charge < -0.3 is 9.64 Å². The van der Waals surface area contributed by atoms with E-state index in [4.69, 9.17) is 4.74 Å². The average molecular weight is 394 g/mol. The molecular weight excluding hydrogens is 366 g/mol. The van der Waals surface area contributed by atoms with E-state index in [2.05, 4.69) is 15.1 Å². The normalized spacial score (nSPS) is 25.4. The molecule has 27 heavy (non-hydrogen) atoms. The molecule has 1 aromatic heterocycles. The number of aromatic nitrogens is 2. The number of carbonyl (C=O) groups is 2. The SMILES string of the molecule is CCc1nnc(N2CC(C(=O)N3CCC(N4CCOCC4)CC3)CC2=O)s1. The number of hydrogen-bond acceptors (Lipinski definition) is 7. The standard InChI is InChI=1S/C18H27N5O3S/c1-2-15-19-20-18(27-15)23-12-13(11-16(23)24)17(25)22-5-3-14(4-6-22)21-7-9-26-10-8-21/h13-14H,2-12H2,1H3. The Morgan fingerprint density at radius 3 is 2.59 bits per heavy atom. The van der Waals surface area contributed by atoms with Gasteiger partial charge in [-0.25, -0.2) is 0 Å².